The first-order valence-electron chi connectivity index (χ1n) is 4.86. The highest BCUT2D eigenvalue weighted by Gasteiger charge is 2.09. The van der Waals surface area contributed by atoms with E-state index in [0.29, 0.717) is 11.7 Å². The number of nitrogens with one attached hydrogen (secondary N) is 1. The van der Waals surface area contributed by atoms with Crippen molar-refractivity contribution in [2.75, 3.05) is 5.32 Å². The Hall–Kier alpha value is -1.43. The smallest absolute Gasteiger partial charge is 0.213 e. The lowest BCUT2D eigenvalue weighted by molar-refractivity contribution is 0.478. The van der Waals surface area contributed by atoms with E-state index in [2.05, 4.69) is 26.2 Å². The maximum atomic E-state index is 13.4. The van der Waals surface area contributed by atoms with Crippen molar-refractivity contribution in [1.29, 1.82) is 0 Å². The molecular weight excluding hydrogens is 294 g/mol. The van der Waals surface area contributed by atoms with Crippen LogP contribution in [-0.2, 0) is 6.54 Å². The van der Waals surface area contributed by atoms with E-state index in [-0.39, 0.29) is 16.7 Å². The second-order valence-electron chi connectivity index (χ2n) is 3.46. The van der Waals surface area contributed by atoms with E-state index in [0.717, 1.165) is 6.07 Å². The molecule has 0 fully saturated rings. The molecule has 1 aromatic heterocycles. The van der Waals surface area contributed by atoms with E-state index in [1.165, 1.54) is 6.07 Å². The summed E-state index contributed by atoms with van der Waals surface area (Å²) in [7, 11) is 0. The average molecular weight is 303 g/mol. The van der Waals surface area contributed by atoms with Crippen molar-refractivity contribution in [2.24, 2.45) is 0 Å². The highest BCUT2D eigenvalue weighted by atomic mass is 79.9. The molecule has 1 N–H and O–H groups in total. The second kappa shape index (κ2) is 4.83. The normalized spacial score (nSPS) is 10.6. The summed E-state index contributed by atoms with van der Waals surface area (Å²) < 4.78 is 31.8. The molecule has 0 saturated carbocycles. The van der Waals surface area contributed by atoms with Crippen LogP contribution in [0.4, 0.5) is 14.5 Å². The molecule has 0 spiro atoms. The Morgan fingerprint density at radius 3 is 2.76 bits per heavy atom. The maximum absolute atomic E-state index is 13.4. The van der Waals surface area contributed by atoms with Gasteiger partial charge in [0.2, 0.25) is 5.89 Å². The number of oxazole rings is 1. The molecule has 1 heterocycles. The van der Waals surface area contributed by atoms with E-state index in [9.17, 15) is 8.78 Å². The minimum atomic E-state index is -0.658. The first kappa shape index (κ1) is 12.0. The van der Waals surface area contributed by atoms with Gasteiger partial charge in [-0.25, -0.2) is 13.8 Å². The molecule has 0 aliphatic rings. The van der Waals surface area contributed by atoms with E-state index in [1.54, 1.807) is 13.1 Å². The van der Waals surface area contributed by atoms with Crippen LogP contribution >= 0.6 is 15.9 Å². The van der Waals surface area contributed by atoms with Crippen LogP contribution in [0.2, 0.25) is 0 Å². The van der Waals surface area contributed by atoms with Gasteiger partial charge in [-0.1, -0.05) is 0 Å². The molecule has 0 bridgehead atoms. The summed E-state index contributed by atoms with van der Waals surface area (Å²) in [5.41, 5.74) is 0.189. The maximum Gasteiger partial charge on any atom is 0.213 e. The number of aryl methyl sites for hydroxylation is 1. The van der Waals surface area contributed by atoms with Crippen molar-refractivity contribution < 1.29 is 13.2 Å². The van der Waals surface area contributed by atoms with Gasteiger partial charge in [-0.15, -0.1) is 0 Å². The van der Waals surface area contributed by atoms with Crippen LogP contribution in [0, 0.1) is 18.6 Å². The summed E-state index contributed by atoms with van der Waals surface area (Å²) in [5, 5.41) is 2.78. The van der Waals surface area contributed by atoms with E-state index < -0.39 is 11.6 Å². The molecule has 0 amide bonds. The summed E-state index contributed by atoms with van der Waals surface area (Å²) in [5.74, 6) is -0.168. The van der Waals surface area contributed by atoms with Crippen LogP contribution in [0.3, 0.4) is 0 Å². The predicted molar refractivity (Wildman–Crippen MR) is 62.6 cm³/mol. The highest BCUT2D eigenvalue weighted by Crippen LogP contribution is 2.24. The third-order valence-corrected chi connectivity index (χ3v) is 2.72. The van der Waals surface area contributed by atoms with Crippen molar-refractivity contribution in [2.45, 2.75) is 13.5 Å². The molecule has 0 aliphatic carbocycles. The molecule has 0 aliphatic heterocycles. The predicted octanol–water partition coefficient (Wildman–Crippen LogP) is 3.64. The minimum absolute atomic E-state index is 0.189. The molecule has 6 heteroatoms. The molecule has 0 radical (unpaired) electrons. The van der Waals surface area contributed by atoms with Crippen molar-refractivity contribution in [3.63, 3.8) is 0 Å². The molecule has 1 aromatic carbocycles. The van der Waals surface area contributed by atoms with Gasteiger partial charge in [0.15, 0.2) is 0 Å². The molecule has 2 aromatic rings. The zero-order chi connectivity index (χ0) is 12.4. The summed E-state index contributed by atoms with van der Waals surface area (Å²) in [4.78, 5) is 3.96. The van der Waals surface area contributed by atoms with Gasteiger partial charge in [-0.3, -0.25) is 0 Å². The number of halogens is 3. The lowest BCUT2D eigenvalue weighted by atomic mass is 10.3. The lowest BCUT2D eigenvalue weighted by Crippen LogP contribution is -2.02. The molecule has 90 valence electrons. The molecule has 0 atom stereocenters. The number of nitrogens with zero attached hydrogens (tertiary/aromatic N) is 1. The van der Waals surface area contributed by atoms with E-state index >= 15 is 0 Å². The third-order valence-electron chi connectivity index (χ3n) is 2.11. The first-order chi connectivity index (χ1) is 8.06. The summed E-state index contributed by atoms with van der Waals surface area (Å²) in [6, 6.07) is 2.15. The van der Waals surface area contributed by atoms with Gasteiger partial charge in [0.25, 0.3) is 0 Å². The summed E-state index contributed by atoms with van der Waals surface area (Å²) >= 11 is 2.99. The first-order valence-corrected chi connectivity index (χ1v) is 5.65. The number of rotatable bonds is 3. The van der Waals surface area contributed by atoms with Crippen molar-refractivity contribution in [3.05, 3.63) is 46.1 Å². The minimum Gasteiger partial charge on any atom is -0.444 e. The Morgan fingerprint density at radius 2 is 2.12 bits per heavy atom. The van der Waals surface area contributed by atoms with Crippen LogP contribution in [-0.4, -0.2) is 4.98 Å². The van der Waals surface area contributed by atoms with Gasteiger partial charge in [0.1, 0.15) is 17.4 Å². The Labute approximate surface area is 105 Å². The number of aromatic nitrogens is 1. The quantitative estimate of drug-likeness (QED) is 0.880. The summed E-state index contributed by atoms with van der Waals surface area (Å²) in [6.07, 6.45) is 1.58. The molecule has 0 unspecified atom stereocenters. The average Bonchev–Trinajstić information content (AvgIpc) is 2.68. The fourth-order valence-corrected chi connectivity index (χ4v) is 1.66. The number of benzene rings is 1. The Kier molecular flexibility index (Phi) is 3.42. The Balaban J connectivity index is 2.11. The molecule has 2 rings (SSSR count). The zero-order valence-electron chi connectivity index (χ0n) is 8.93. The molecular formula is C11H9BrF2N2O. The van der Waals surface area contributed by atoms with E-state index in [1.807, 2.05) is 0 Å². The standard InChI is InChI=1S/C11H9BrF2N2O/c1-6-4-16-11(17-6)5-15-10-2-7(12)8(13)3-9(10)14/h2-4,15H,5H2,1H3. The lowest BCUT2D eigenvalue weighted by Gasteiger charge is -2.06. The third kappa shape index (κ3) is 2.82. The van der Waals surface area contributed by atoms with Gasteiger partial charge in [-0.05, 0) is 28.9 Å². The fraction of sp³-hybridized carbons (Fsp3) is 0.182. The van der Waals surface area contributed by atoms with Crippen LogP contribution in [0.15, 0.2) is 27.2 Å². The largest absolute Gasteiger partial charge is 0.444 e. The van der Waals surface area contributed by atoms with Crippen LogP contribution in [0.5, 0.6) is 0 Å². The Morgan fingerprint density at radius 1 is 1.35 bits per heavy atom. The second-order valence-corrected chi connectivity index (χ2v) is 4.32. The van der Waals surface area contributed by atoms with Crippen LogP contribution in [0.1, 0.15) is 11.7 Å². The van der Waals surface area contributed by atoms with Crippen molar-refractivity contribution in [1.82, 2.24) is 4.98 Å². The van der Waals surface area contributed by atoms with Gasteiger partial charge in [0.05, 0.1) is 22.9 Å². The number of anilines is 1. The van der Waals surface area contributed by atoms with Gasteiger partial charge < -0.3 is 9.73 Å². The monoisotopic (exact) mass is 302 g/mol. The molecule has 0 saturated heterocycles. The van der Waals surface area contributed by atoms with Gasteiger partial charge >= 0.3 is 0 Å². The number of hydrogen-bond acceptors (Lipinski definition) is 3. The van der Waals surface area contributed by atoms with E-state index in [4.69, 9.17) is 4.42 Å². The van der Waals surface area contributed by atoms with Crippen LogP contribution in [0.25, 0.3) is 0 Å². The van der Waals surface area contributed by atoms with Gasteiger partial charge in [0, 0.05) is 6.07 Å². The topological polar surface area (TPSA) is 38.1 Å². The van der Waals surface area contributed by atoms with Crippen molar-refractivity contribution in [3.8, 4) is 0 Å². The molecule has 3 nitrogen and oxygen atoms in total. The van der Waals surface area contributed by atoms with Crippen LogP contribution < -0.4 is 5.32 Å². The van der Waals surface area contributed by atoms with Gasteiger partial charge in [-0.2, -0.15) is 0 Å². The zero-order valence-corrected chi connectivity index (χ0v) is 10.5. The number of hydrogen-bond donors (Lipinski definition) is 1. The SMILES string of the molecule is Cc1cnc(CNc2cc(Br)c(F)cc2F)o1. The Bertz CT molecular complexity index is 542. The molecule has 17 heavy (non-hydrogen) atoms. The fourth-order valence-electron chi connectivity index (χ4n) is 1.31. The van der Waals surface area contributed by atoms with Crippen molar-refractivity contribution >= 4 is 21.6 Å². The highest BCUT2D eigenvalue weighted by molar-refractivity contribution is 9.10. The summed E-state index contributed by atoms with van der Waals surface area (Å²) in [6.45, 7) is 2.01.